The molecule has 0 unspecified atom stereocenters. The Morgan fingerprint density at radius 3 is 2.82 bits per heavy atom. The predicted octanol–water partition coefficient (Wildman–Crippen LogP) is 0.767. The lowest BCUT2D eigenvalue weighted by Gasteiger charge is -1.91. The summed E-state index contributed by atoms with van der Waals surface area (Å²) in [5.41, 5.74) is 1.19. The zero-order chi connectivity index (χ0) is 8.27. The summed E-state index contributed by atoms with van der Waals surface area (Å²) in [4.78, 5) is 4.07. The van der Waals surface area contributed by atoms with Gasteiger partial charge in [0.1, 0.15) is 0 Å². The SMILES string of the molecule is C=C/C=c1/c(C)ccnc1=C. The van der Waals surface area contributed by atoms with E-state index >= 15 is 0 Å². The molecule has 0 N–H and O–H groups in total. The minimum atomic E-state index is 0.810. The molecule has 0 aromatic carbocycles. The molecule has 1 rings (SSSR count). The van der Waals surface area contributed by atoms with E-state index in [-0.39, 0.29) is 0 Å². The van der Waals surface area contributed by atoms with Crippen LogP contribution in [0.4, 0.5) is 0 Å². The van der Waals surface area contributed by atoms with Crippen LogP contribution in [-0.2, 0) is 0 Å². The number of aryl methyl sites for hydroxylation is 1. The third kappa shape index (κ3) is 1.55. The number of pyridine rings is 1. The van der Waals surface area contributed by atoms with E-state index in [1.165, 1.54) is 5.56 Å². The highest BCUT2D eigenvalue weighted by molar-refractivity contribution is 5.37. The first-order valence-corrected chi connectivity index (χ1v) is 3.49. The molecule has 56 valence electrons. The molecule has 0 atom stereocenters. The van der Waals surface area contributed by atoms with Crippen LogP contribution in [0.2, 0.25) is 0 Å². The van der Waals surface area contributed by atoms with Crippen LogP contribution >= 0.6 is 0 Å². The van der Waals surface area contributed by atoms with Gasteiger partial charge in [-0.25, -0.2) is 0 Å². The molecule has 1 aromatic heterocycles. The molecule has 0 fully saturated rings. The maximum Gasteiger partial charge on any atom is 0.0632 e. The van der Waals surface area contributed by atoms with Crippen molar-refractivity contribution in [2.75, 3.05) is 0 Å². The standard InChI is InChI=1S/C10H11N/c1-4-5-10-8(2)6-7-11-9(10)3/h4-7H,1,3H2,2H3/b10-5-. The van der Waals surface area contributed by atoms with Crippen molar-refractivity contribution < 1.29 is 0 Å². The Balaban J connectivity index is 3.57. The third-order valence-corrected chi connectivity index (χ3v) is 1.58. The molecule has 1 heterocycles. The van der Waals surface area contributed by atoms with Crippen molar-refractivity contribution in [3.63, 3.8) is 0 Å². The fourth-order valence-corrected chi connectivity index (χ4v) is 0.971. The molecule has 0 aliphatic carbocycles. The van der Waals surface area contributed by atoms with Gasteiger partial charge in [0, 0.05) is 11.4 Å². The summed E-state index contributed by atoms with van der Waals surface area (Å²) in [6, 6.07) is 1.96. The van der Waals surface area contributed by atoms with Gasteiger partial charge >= 0.3 is 0 Å². The summed E-state index contributed by atoms with van der Waals surface area (Å²) in [5.74, 6) is 0. The number of hydrogen-bond donors (Lipinski definition) is 0. The van der Waals surface area contributed by atoms with Gasteiger partial charge in [-0.05, 0) is 18.6 Å². The van der Waals surface area contributed by atoms with Gasteiger partial charge in [-0.1, -0.05) is 25.3 Å². The van der Waals surface area contributed by atoms with E-state index in [1.807, 2.05) is 19.1 Å². The molecule has 1 heteroatoms. The van der Waals surface area contributed by atoms with Crippen LogP contribution in [0.25, 0.3) is 12.7 Å². The maximum atomic E-state index is 4.07. The van der Waals surface area contributed by atoms with Crippen molar-refractivity contribution in [3.05, 3.63) is 41.0 Å². The first-order valence-electron chi connectivity index (χ1n) is 3.49. The molecule has 0 saturated heterocycles. The van der Waals surface area contributed by atoms with E-state index < -0.39 is 0 Å². The fourth-order valence-electron chi connectivity index (χ4n) is 0.971. The summed E-state index contributed by atoms with van der Waals surface area (Å²) >= 11 is 0. The quantitative estimate of drug-likeness (QED) is 0.568. The third-order valence-electron chi connectivity index (χ3n) is 1.58. The van der Waals surface area contributed by atoms with E-state index in [0.717, 1.165) is 10.6 Å². The molecule has 0 bridgehead atoms. The van der Waals surface area contributed by atoms with E-state index in [4.69, 9.17) is 0 Å². The van der Waals surface area contributed by atoms with Crippen LogP contribution in [-0.4, -0.2) is 4.98 Å². The zero-order valence-corrected chi connectivity index (χ0v) is 6.67. The largest absolute Gasteiger partial charge is 0.257 e. The molecule has 0 spiro atoms. The molecule has 1 nitrogen and oxygen atoms in total. The number of hydrogen-bond acceptors (Lipinski definition) is 1. The second-order valence-electron chi connectivity index (χ2n) is 2.39. The van der Waals surface area contributed by atoms with Crippen LogP contribution in [0.15, 0.2) is 24.9 Å². The molecule has 11 heavy (non-hydrogen) atoms. The molecular weight excluding hydrogens is 134 g/mol. The van der Waals surface area contributed by atoms with Crippen LogP contribution < -0.4 is 10.6 Å². The van der Waals surface area contributed by atoms with Crippen molar-refractivity contribution in [2.45, 2.75) is 6.92 Å². The van der Waals surface area contributed by atoms with Crippen LogP contribution in [0.3, 0.4) is 0 Å². The van der Waals surface area contributed by atoms with Crippen molar-refractivity contribution in [1.82, 2.24) is 4.98 Å². The predicted molar refractivity (Wildman–Crippen MR) is 48.4 cm³/mol. The molecule has 0 aliphatic rings. The number of aromatic nitrogens is 1. The highest BCUT2D eigenvalue weighted by Crippen LogP contribution is 1.80. The van der Waals surface area contributed by atoms with Crippen molar-refractivity contribution >= 4 is 12.7 Å². The van der Waals surface area contributed by atoms with Gasteiger partial charge in [0.05, 0.1) is 5.35 Å². The lowest BCUT2D eigenvalue weighted by atomic mass is 10.2. The zero-order valence-electron chi connectivity index (χ0n) is 6.67. The molecule has 0 radical (unpaired) electrons. The number of allylic oxidation sites excluding steroid dienone is 1. The first-order chi connectivity index (χ1) is 5.25. The summed E-state index contributed by atoms with van der Waals surface area (Å²) in [6.07, 6.45) is 5.43. The topological polar surface area (TPSA) is 12.9 Å². The maximum absolute atomic E-state index is 4.07. The van der Waals surface area contributed by atoms with E-state index in [2.05, 4.69) is 18.1 Å². The van der Waals surface area contributed by atoms with Crippen LogP contribution in [0.5, 0.6) is 0 Å². The Morgan fingerprint density at radius 1 is 1.55 bits per heavy atom. The lowest BCUT2D eigenvalue weighted by Crippen LogP contribution is -2.28. The Morgan fingerprint density at radius 2 is 2.27 bits per heavy atom. The minimum absolute atomic E-state index is 0.810. The molecular formula is C10H11N. The number of rotatable bonds is 1. The van der Waals surface area contributed by atoms with Crippen molar-refractivity contribution in [3.8, 4) is 0 Å². The molecule has 1 aromatic rings. The van der Waals surface area contributed by atoms with Gasteiger partial charge < -0.3 is 0 Å². The van der Waals surface area contributed by atoms with Gasteiger partial charge in [-0.3, -0.25) is 4.98 Å². The average Bonchev–Trinajstić information content (AvgIpc) is 1.97. The van der Waals surface area contributed by atoms with E-state index in [0.29, 0.717) is 0 Å². The Kier molecular flexibility index (Phi) is 2.21. The molecule has 0 saturated carbocycles. The highest BCUT2D eigenvalue weighted by atomic mass is 14.6. The summed E-state index contributed by atoms with van der Waals surface area (Å²) in [6.45, 7) is 9.47. The smallest absolute Gasteiger partial charge is 0.0632 e. The first kappa shape index (κ1) is 7.73. The Bertz CT molecular complexity index is 363. The van der Waals surface area contributed by atoms with E-state index in [1.54, 1.807) is 12.3 Å². The monoisotopic (exact) mass is 145 g/mol. The second kappa shape index (κ2) is 3.15. The highest BCUT2D eigenvalue weighted by Gasteiger charge is 1.86. The minimum Gasteiger partial charge on any atom is -0.257 e. The Labute approximate surface area is 66.4 Å². The lowest BCUT2D eigenvalue weighted by molar-refractivity contribution is 1.19. The second-order valence-corrected chi connectivity index (χ2v) is 2.39. The number of nitrogens with zero attached hydrogens (tertiary/aromatic N) is 1. The molecule has 0 amide bonds. The van der Waals surface area contributed by atoms with Crippen LogP contribution in [0.1, 0.15) is 5.56 Å². The van der Waals surface area contributed by atoms with Gasteiger partial charge in [0.15, 0.2) is 0 Å². The van der Waals surface area contributed by atoms with Gasteiger partial charge in [0.2, 0.25) is 0 Å². The van der Waals surface area contributed by atoms with Gasteiger partial charge in [-0.15, -0.1) is 0 Å². The average molecular weight is 145 g/mol. The van der Waals surface area contributed by atoms with Gasteiger partial charge in [0.25, 0.3) is 0 Å². The summed E-state index contributed by atoms with van der Waals surface area (Å²) in [5, 5.41) is 1.88. The summed E-state index contributed by atoms with van der Waals surface area (Å²) in [7, 11) is 0. The van der Waals surface area contributed by atoms with Crippen molar-refractivity contribution in [2.24, 2.45) is 0 Å². The normalized spacial score (nSPS) is 11.5. The van der Waals surface area contributed by atoms with Crippen molar-refractivity contribution in [1.29, 1.82) is 0 Å². The van der Waals surface area contributed by atoms with E-state index in [9.17, 15) is 0 Å². The Hall–Kier alpha value is -1.37. The summed E-state index contributed by atoms with van der Waals surface area (Å²) < 4.78 is 0. The van der Waals surface area contributed by atoms with Gasteiger partial charge in [-0.2, -0.15) is 0 Å². The van der Waals surface area contributed by atoms with Crippen LogP contribution in [0, 0.1) is 6.92 Å². The molecule has 0 aliphatic heterocycles. The fraction of sp³-hybridized carbons (Fsp3) is 0.100.